The maximum Gasteiger partial charge on any atom is 0.392 e. The normalized spacial score (nSPS) is 15.8. The predicted molar refractivity (Wildman–Crippen MR) is 76.3 cm³/mol. The lowest BCUT2D eigenvalue weighted by Crippen LogP contribution is -2.48. The number of halogens is 2. The second-order valence-corrected chi connectivity index (χ2v) is 7.30. The van der Waals surface area contributed by atoms with Gasteiger partial charge in [-0.2, -0.15) is 17.2 Å². The third-order valence-corrected chi connectivity index (χ3v) is 4.32. The maximum absolute atomic E-state index is 13.3. The fourth-order valence-corrected chi connectivity index (χ4v) is 1.45. The van der Waals surface area contributed by atoms with Gasteiger partial charge in [-0.05, 0) is 20.3 Å². The van der Waals surface area contributed by atoms with Crippen LogP contribution in [0.1, 0.15) is 47.5 Å². The van der Waals surface area contributed by atoms with Gasteiger partial charge >= 0.3 is 21.3 Å². The molecule has 7 nitrogen and oxygen atoms in total. The van der Waals surface area contributed by atoms with Gasteiger partial charge in [-0.25, -0.2) is 0 Å². The van der Waals surface area contributed by atoms with Crippen molar-refractivity contribution in [3.63, 3.8) is 0 Å². The summed E-state index contributed by atoms with van der Waals surface area (Å²) in [5.74, 6) is -4.07. The second-order valence-electron chi connectivity index (χ2n) is 5.75. The molecule has 0 aromatic carbocycles. The molecule has 1 unspecified atom stereocenters. The Hall–Kier alpha value is -1.13. The van der Waals surface area contributed by atoms with E-state index in [2.05, 4.69) is 4.74 Å². The van der Waals surface area contributed by atoms with E-state index in [1.807, 2.05) is 0 Å². The van der Waals surface area contributed by atoms with Crippen LogP contribution >= 0.6 is 0 Å². The van der Waals surface area contributed by atoms with E-state index >= 15 is 0 Å². The molecule has 0 rings (SSSR count). The van der Waals surface area contributed by atoms with Crippen molar-refractivity contribution in [2.75, 3.05) is 6.61 Å². The molecular weight excluding hydrogens is 338 g/mol. The number of alkyl halides is 2. The number of hydrogen-bond donors (Lipinski definition) is 1. The minimum absolute atomic E-state index is 0.201. The summed E-state index contributed by atoms with van der Waals surface area (Å²) >= 11 is 0. The first-order valence-electron chi connectivity index (χ1n) is 6.88. The first-order valence-corrected chi connectivity index (χ1v) is 8.32. The lowest BCUT2D eigenvalue weighted by atomic mass is 9.90. The van der Waals surface area contributed by atoms with Crippen LogP contribution in [-0.4, -0.2) is 42.4 Å². The second kappa shape index (κ2) is 7.18. The van der Waals surface area contributed by atoms with E-state index in [9.17, 15) is 26.8 Å². The molecule has 23 heavy (non-hydrogen) atoms. The van der Waals surface area contributed by atoms with E-state index in [-0.39, 0.29) is 6.42 Å². The van der Waals surface area contributed by atoms with E-state index in [4.69, 9.17) is 9.29 Å². The van der Waals surface area contributed by atoms with Crippen LogP contribution in [0.5, 0.6) is 0 Å². The predicted octanol–water partition coefficient (Wildman–Crippen LogP) is 2.16. The first kappa shape index (κ1) is 21.9. The van der Waals surface area contributed by atoms with Crippen LogP contribution in [0.4, 0.5) is 8.78 Å². The molecule has 0 aliphatic rings. The lowest BCUT2D eigenvalue weighted by molar-refractivity contribution is -0.237. The fourth-order valence-electron chi connectivity index (χ4n) is 1.24. The summed E-state index contributed by atoms with van der Waals surface area (Å²) in [6.07, 6.45) is 0.150. The molecule has 0 saturated heterocycles. The van der Waals surface area contributed by atoms with Gasteiger partial charge in [0.1, 0.15) is 6.61 Å². The van der Waals surface area contributed by atoms with Crippen LogP contribution in [-0.2, 0) is 29.2 Å². The van der Waals surface area contributed by atoms with Crippen molar-refractivity contribution in [1.82, 2.24) is 0 Å². The van der Waals surface area contributed by atoms with Crippen LogP contribution in [0.15, 0.2) is 0 Å². The lowest BCUT2D eigenvalue weighted by Gasteiger charge is -2.32. The quantitative estimate of drug-likeness (QED) is 0.381. The van der Waals surface area contributed by atoms with Crippen LogP contribution in [0.3, 0.4) is 0 Å². The summed E-state index contributed by atoms with van der Waals surface area (Å²) in [7, 11) is -5.73. The van der Waals surface area contributed by atoms with Crippen LogP contribution in [0, 0.1) is 5.41 Å². The smallest absolute Gasteiger partial charge is 0.392 e. The highest BCUT2D eigenvalue weighted by molar-refractivity contribution is 7.86. The van der Waals surface area contributed by atoms with E-state index in [0.29, 0.717) is 6.42 Å². The Balaban J connectivity index is 5.38. The summed E-state index contributed by atoms with van der Waals surface area (Å²) in [5.41, 5.74) is -0.996. The van der Waals surface area contributed by atoms with Crippen molar-refractivity contribution in [2.45, 2.75) is 58.5 Å². The molecule has 136 valence electrons. The van der Waals surface area contributed by atoms with Gasteiger partial charge in [-0.1, -0.05) is 13.8 Å². The largest absolute Gasteiger partial charge is 0.425 e. The number of ketones is 1. The van der Waals surface area contributed by atoms with Crippen molar-refractivity contribution in [3.05, 3.63) is 0 Å². The Labute approximate surface area is 134 Å². The Kier molecular flexibility index (Phi) is 6.83. The fraction of sp³-hybridized carbons (Fsp3) is 0.846. The summed E-state index contributed by atoms with van der Waals surface area (Å²) in [4.78, 5) is 23.9. The molecule has 0 spiro atoms. The molecule has 0 aromatic rings. The molecule has 0 aliphatic carbocycles. The molecule has 0 fully saturated rings. The van der Waals surface area contributed by atoms with Gasteiger partial charge in [-0.3, -0.25) is 14.1 Å². The summed E-state index contributed by atoms with van der Waals surface area (Å²) in [6, 6.07) is 0. The Morgan fingerprint density at radius 3 is 1.96 bits per heavy atom. The zero-order valence-corrected chi connectivity index (χ0v) is 14.5. The zero-order chi connectivity index (χ0) is 18.7. The number of hydrogen-bond acceptors (Lipinski definition) is 6. The highest BCUT2D eigenvalue weighted by Crippen LogP contribution is 2.29. The first-order chi connectivity index (χ1) is 10.1. The molecule has 0 amide bonds. The van der Waals surface area contributed by atoms with Crippen LogP contribution in [0.2, 0.25) is 0 Å². The van der Waals surface area contributed by atoms with Crippen molar-refractivity contribution >= 4 is 21.9 Å². The number of Topliss-reactive ketones (excluding diaryl/α,β-unsaturated/α-hetero) is 1. The van der Waals surface area contributed by atoms with Gasteiger partial charge in [0.25, 0.3) is 5.79 Å². The summed E-state index contributed by atoms with van der Waals surface area (Å²) in [6.45, 7) is 5.24. The van der Waals surface area contributed by atoms with Crippen molar-refractivity contribution in [1.29, 1.82) is 0 Å². The maximum atomic E-state index is 13.3. The van der Waals surface area contributed by atoms with E-state index in [0.717, 1.165) is 6.92 Å². The Bertz CT molecular complexity index is 557. The van der Waals surface area contributed by atoms with E-state index in [1.54, 1.807) is 6.92 Å². The van der Waals surface area contributed by atoms with Gasteiger partial charge in [0.2, 0.25) is 5.78 Å². The molecule has 0 bridgehead atoms. The zero-order valence-electron chi connectivity index (χ0n) is 13.7. The average Bonchev–Trinajstić information content (AvgIpc) is 2.42. The van der Waals surface area contributed by atoms with E-state index in [1.165, 1.54) is 20.8 Å². The number of ether oxygens (including phenoxy) is 2. The summed E-state index contributed by atoms with van der Waals surface area (Å²) < 4.78 is 65.6. The molecule has 0 heterocycles. The van der Waals surface area contributed by atoms with Crippen molar-refractivity contribution in [3.8, 4) is 0 Å². The SMILES string of the molecule is CCC(=O)C(C)(OCC(F)(F)S(=O)(=O)O)OC(=O)C(C)(C)CC. The highest BCUT2D eigenvalue weighted by Gasteiger charge is 2.49. The molecule has 1 atom stereocenters. The van der Waals surface area contributed by atoms with Gasteiger partial charge < -0.3 is 9.47 Å². The number of carbonyl (C=O) groups is 2. The van der Waals surface area contributed by atoms with Crippen molar-refractivity contribution in [2.24, 2.45) is 5.41 Å². The number of rotatable bonds is 9. The summed E-state index contributed by atoms with van der Waals surface area (Å²) in [5, 5.41) is -4.64. The standard InChI is InChI=1S/C13H22F2O7S/c1-6-9(16)12(5,22-10(17)11(3,4)7-2)21-8-13(14,15)23(18,19)20/h6-8H2,1-5H3,(H,18,19,20). The molecule has 0 radical (unpaired) electrons. The van der Waals surface area contributed by atoms with Gasteiger partial charge in [0, 0.05) is 13.3 Å². The third kappa shape index (κ3) is 5.47. The molecular formula is C13H22F2O7S. The average molecular weight is 360 g/mol. The van der Waals surface area contributed by atoms with E-state index < -0.39 is 44.9 Å². The topological polar surface area (TPSA) is 107 Å². The van der Waals surface area contributed by atoms with Crippen LogP contribution in [0.25, 0.3) is 0 Å². The Morgan fingerprint density at radius 1 is 1.13 bits per heavy atom. The number of carbonyl (C=O) groups excluding carboxylic acids is 2. The minimum atomic E-state index is -5.73. The minimum Gasteiger partial charge on any atom is -0.425 e. The Morgan fingerprint density at radius 2 is 1.61 bits per heavy atom. The highest BCUT2D eigenvalue weighted by atomic mass is 32.2. The monoisotopic (exact) mass is 360 g/mol. The molecule has 0 aliphatic heterocycles. The third-order valence-electron chi connectivity index (χ3n) is 3.44. The van der Waals surface area contributed by atoms with Crippen molar-refractivity contribution < 1.29 is 40.8 Å². The molecule has 1 N–H and O–H groups in total. The molecule has 10 heteroatoms. The van der Waals surface area contributed by atoms with Gasteiger partial charge in [0.05, 0.1) is 5.41 Å². The van der Waals surface area contributed by atoms with Gasteiger partial charge in [0.15, 0.2) is 0 Å². The number of esters is 1. The van der Waals surface area contributed by atoms with Crippen LogP contribution < -0.4 is 0 Å². The molecule has 0 aromatic heterocycles. The molecule has 0 saturated carbocycles. The van der Waals surface area contributed by atoms with Gasteiger partial charge in [-0.15, -0.1) is 0 Å².